The molecule has 1 saturated heterocycles. The molecule has 2 rings (SSSR count). The van der Waals surface area contributed by atoms with Crippen LogP contribution in [0.1, 0.15) is 18.1 Å². The summed E-state index contributed by atoms with van der Waals surface area (Å²) in [6.07, 6.45) is 1.72. The van der Waals surface area contributed by atoms with E-state index in [0.29, 0.717) is 32.8 Å². The van der Waals surface area contributed by atoms with Crippen LogP contribution in [0.15, 0.2) is 24.3 Å². The fraction of sp³-hybridized carbons (Fsp3) is 0.562. The number of hydrogen-bond acceptors (Lipinski definition) is 3. The van der Waals surface area contributed by atoms with Crippen LogP contribution >= 0.6 is 0 Å². The predicted octanol–water partition coefficient (Wildman–Crippen LogP) is 1.23. The third-order valence-corrected chi connectivity index (χ3v) is 3.92. The molecule has 0 aliphatic carbocycles. The third kappa shape index (κ3) is 3.58. The van der Waals surface area contributed by atoms with E-state index in [-0.39, 0.29) is 11.8 Å². The van der Waals surface area contributed by atoms with E-state index >= 15 is 0 Å². The topological polar surface area (TPSA) is 55.6 Å². The number of aryl methyl sites for hydroxylation is 1. The Morgan fingerprint density at radius 2 is 1.95 bits per heavy atom. The van der Waals surface area contributed by atoms with Gasteiger partial charge in [0, 0.05) is 19.6 Å². The lowest BCUT2D eigenvalue weighted by molar-refractivity contribution is -0.139. The summed E-state index contributed by atoms with van der Waals surface area (Å²) >= 11 is 0. The van der Waals surface area contributed by atoms with Crippen LogP contribution in [-0.2, 0) is 22.4 Å². The van der Waals surface area contributed by atoms with E-state index in [9.17, 15) is 4.79 Å². The second-order valence-electron chi connectivity index (χ2n) is 5.20. The Morgan fingerprint density at radius 3 is 2.55 bits per heavy atom. The van der Waals surface area contributed by atoms with Crippen molar-refractivity contribution in [3.8, 4) is 0 Å². The van der Waals surface area contributed by atoms with E-state index in [1.54, 1.807) is 0 Å². The van der Waals surface area contributed by atoms with E-state index in [2.05, 4.69) is 19.1 Å². The highest BCUT2D eigenvalue weighted by atomic mass is 16.5. The highest BCUT2D eigenvalue weighted by molar-refractivity contribution is 5.79. The zero-order chi connectivity index (χ0) is 14.4. The number of rotatable bonds is 5. The Balaban J connectivity index is 2.06. The molecule has 2 N–H and O–H groups in total. The summed E-state index contributed by atoms with van der Waals surface area (Å²) in [5.41, 5.74) is 8.39. The molecular weight excluding hydrogens is 252 g/mol. The molecule has 1 aromatic rings. The van der Waals surface area contributed by atoms with Crippen LogP contribution in [0.2, 0.25) is 0 Å². The summed E-state index contributed by atoms with van der Waals surface area (Å²) in [5.74, 6) is 0.0440. The maximum absolute atomic E-state index is 12.5. The lowest BCUT2D eigenvalue weighted by Crippen LogP contribution is -2.46. The smallest absolute Gasteiger partial charge is 0.227 e. The minimum atomic E-state index is -0.124. The van der Waals surface area contributed by atoms with Gasteiger partial charge in [0.05, 0.1) is 19.1 Å². The highest BCUT2D eigenvalue weighted by Crippen LogP contribution is 2.16. The maximum Gasteiger partial charge on any atom is 0.227 e. The van der Waals surface area contributed by atoms with Crippen molar-refractivity contribution in [3.63, 3.8) is 0 Å². The minimum absolute atomic E-state index is 0.124. The first-order valence-electron chi connectivity index (χ1n) is 7.39. The summed E-state index contributed by atoms with van der Waals surface area (Å²) < 4.78 is 5.29. The molecule has 1 aliphatic heterocycles. The molecule has 20 heavy (non-hydrogen) atoms. The molecule has 4 heteroatoms. The Labute approximate surface area is 120 Å². The van der Waals surface area contributed by atoms with E-state index in [1.165, 1.54) is 11.1 Å². The molecule has 1 amide bonds. The number of benzene rings is 1. The van der Waals surface area contributed by atoms with Crippen molar-refractivity contribution >= 4 is 5.91 Å². The van der Waals surface area contributed by atoms with Gasteiger partial charge in [0.15, 0.2) is 0 Å². The number of amides is 1. The number of nitrogens with two attached hydrogens (primary N) is 1. The molecule has 1 unspecified atom stereocenters. The van der Waals surface area contributed by atoms with Gasteiger partial charge >= 0.3 is 0 Å². The lowest BCUT2D eigenvalue weighted by atomic mass is 9.93. The van der Waals surface area contributed by atoms with E-state index < -0.39 is 0 Å². The Bertz CT molecular complexity index is 442. The number of carbonyl (C=O) groups excluding carboxylic acids is 1. The first-order valence-corrected chi connectivity index (χ1v) is 7.39. The van der Waals surface area contributed by atoms with Crippen LogP contribution in [-0.4, -0.2) is 43.7 Å². The Morgan fingerprint density at radius 1 is 1.30 bits per heavy atom. The van der Waals surface area contributed by atoms with Crippen LogP contribution in [0, 0.1) is 5.92 Å². The lowest BCUT2D eigenvalue weighted by Gasteiger charge is -2.30. The van der Waals surface area contributed by atoms with Gasteiger partial charge in [0.1, 0.15) is 0 Å². The van der Waals surface area contributed by atoms with Gasteiger partial charge in [-0.15, -0.1) is 0 Å². The first-order chi connectivity index (χ1) is 9.76. The second-order valence-corrected chi connectivity index (χ2v) is 5.20. The number of hydrogen-bond donors (Lipinski definition) is 1. The van der Waals surface area contributed by atoms with Crippen molar-refractivity contribution in [2.45, 2.75) is 19.8 Å². The van der Waals surface area contributed by atoms with Gasteiger partial charge in [0.2, 0.25) is 5.91 Å². The van der Waals surface area contributed by atoms with Crippen molar-refractivity contribution in [2.75, 3.05) is 32.8 Å². The van der Waals surface area contributed by atoms with Gasteiger partial charge in [0.25, 0.3) is 0 Å². The summed E-state index contributed by atoms with van der Waals surface area (Å²) in [7, 11) is 0. The largest absolute Gasteiger partial charge is 0.378 e. The monoisotopic (exact) mass is 276 g/mol. The molecule has 1 fully saturated rings. The van der Waals surface area contributed by atoms with Gasteiger partial charge in [-0.2, -0.15) is 0 Å². The fourth-order valence-electron chi connectivity index (χ4n) is 2.68. The quantitative estimate of drug-likeness (QED) is 0.880. The molecular formula is C16H24N2O2. The zero-order valence-corrected chi connectivity index (χ0v) is 12.2. The standard InChI is InChI=1S/C16H24N2O2/c1-2-13-5-3-4-6-14(13)11-15(12-17)16(19)18-7-9-20-10-8-18/h3-6,15H,2,7-12,17H2,1H3. The first kappa shape index (κ1) is 15.0. The molecule has 0 saturated carbocycles. The van der Waals surface area contributed by atoms with E-state index in [0.717, 1.165) is 12.8 Å². The number of nitrogens with zero attached hydrogens (tertiary/aromatic N) is 1. The van der Waals surface area contributed by atoms with Gasteiger partial charge in [-0.05, 0) is 24.0 Å². The molecule has 0 radical (unpaired) electrons. The van der Waals surface area contributed by atoms with Gasteiger partial charge < -0.3 is 15.4 Å². The highest BCUT2D eigenvalue weighted by Gasteiger charge is 2.25. The zero-order valence-electron chi connectivity index (χ0n) is 12.2. The Hall–Kier alpha value is -1.39. The van der Waals surface area contributed by atoms with Crippen molar-refractivity contribution in [2.24, 2.45) is 11.7 Å². The summed E-state index contributed by atoms with van der Waals surface area (Å²) in [6.45, 7) is 5.17. The molecule has 1 heterocycles. The van der Waals surface area contributed by atoms with Gasteiger partial charge in [-0.25, -0.2) is 0 Å². The average molecular weight is 276 g/mol. The number of ether oxygens (including phenoxy) is 1. The van der Waals surface area contributed by atoms with Crippen molar-refractivity contribution < 1.29 is 9.53 Å². The fourth-order valence-corrected chi connectivity index (χ4v) is 2.68. The summed E-state index contributed by atoms with van der Waals surface area (Å²) in [5, 5.41) is 0. The second kappa shape index (κ2) is 7.41. The SMILES string of the molecule is CCc1ccccc1CC(CN)C(=O)N1CCOCC1. The van der Waals surface area contributed by atoms with E-state index in [1.807, 2.05) is 17.0 Å². The molecule has 0 aromatic heterocycles. The number of carbonyl (C=O) groups is 1. The minimum Gasteiger partial charge on any atom is -0.378 e. The summed E-state index contributed by atoms with van der Waals surface area (Å²) in [4.78, 5) is 14.4. The summed E-state index contributed by atoms with van der Waals surface area (Å²) in [6, 6.07) is 8.31. The molecule has 1 aliphatic rings. The van der Waals surface area contributed by atoms with Crippen molar-refractivity contribution in [3.05, 3.63) is 35.4 Å². The third-order valence-electron chi connectivity index (χ3n) is 3.92. The van der Waals surface area contributed by atoms with Crippen molar-refractivity contribution in [1.29, 1.82) is 0 Å². The van der Waals surface area contributed by atoms with Crippen molar-refractivity contribution in [1.82, 2.24) is 4.90 Å². The molecule has 0 bridgehead atoms. The Kier molecular flexibility index (Phi) is 5.56. The molecule has 4 nitrogen and oxygen atoms in total. The maximum atomic E-state index is 12.5. The molecule has 1 aromatic carbocycles. The molecule has 0 spiro atoms. The normalized spacial score (nSPS) is 17.0. The van der Waals surface area contributed by atoms with Crippen LogP contribution in [0.5, 0.6) is 0 Å². The van der Waals surface area contributed by atoms with Gasteiger partial charge in [-0.1, -0.05) is 31.2 Å². The molecule has 110 valence electrons. The predicted molar refractivity (Wildman–Crippen MR) is 79.5 cm³/mol. The van der Waals surface area contributed by atoms with Gasteiger partial charge in [-0.3, -0.25) is 4.79 Å². The van der Waals surface area contributed by atoms with Crippen LogP contribution in [0.3, 0.4) is 0 Å². The van der Waals surface area contributed by atoms with Crippen LogP contribution in [0.25, 0.3) is 0 Å². The molecule has 1 atom stereocenters. The number of morpholine rings is 1. The van der Waals surface area contributed by atoms with Crippen LogP contribution in [0.4, 0.5) is 0 Å². The van der Waals surface area contributed by atoms with E-state index in [4.69, 9.17) is 10.5 Å². The average Bonchev–Trinajstić information content (AvgIpc) is 2.53. The van der Waals surface area contributed by atoms with Crippen LogP contribution < -0.4 is 5.73 Å².